The highest BCUT2D eigenvalue weighted by Gasteiger charge is 2.24. The maximum Gasteiger partial charge on any atom is 0.254 e. The van der Waals surface area contributed by atoms with Crippen LogP contribution in [0, 0.1) is 0 Å². The minimum atomic E-state index is -0.318. The zero-order chi connectivity index (χ0) is 9.26. The van der Waals surface area contributed by atoms with Gasteiger partial charge in [-0.25, -0.2) is 0 Å². The highest BCUT2D eigenvalue weighted by molar-refractivity contribution is 6.12. The number of hydrogen-bond donors (Lipinski definition) is 0. The summed E-state index contributed by atoms with van der Waals surface area (Å²) < 4.78 is 4.77. The van der Waals surface area contributed by atoms with E-state index in [2.05, 4.69) is 5.16 Å². The van der Waals surface area contributed by atoms with Gasteiger partial charge in [-0.05, 0) is 0 Å². The van der Waals surface area contributed by atoms with Crippen LogP contribution in [0.15, 0.2) is 28.9 Å². The van der Waals surface area contributed by atoms with Gasteiger partial charge in [0.25, 0.3) is 11.8 Å². The van der Waals surface area contributed by atoms with E-state index in [9.17, 15) is 9.59 Å². The van der Waals surface area contributed by atoms with Gasteiger partial charge in [0, 0.05) is 18.2 Å². The molecule has 5 heteroatoms. The molecule has 0 bridgehead atoms. The van der Waals surface area contributed by atoms with Crippen molar-refractivity contribution in [2.45, 2.75) is 6.54 Å². The van der Waals surface area contributed by atoms with E-state index in [-0.39, 0.29) is 18.4 Å². The van der Waals surface area contributed by atoms with Crippen molar-refractivity contribution in [3.05, 3.63) is 30.2 Å². The minimum absolute atomic E-state index is 0.144. The van der Waals surface area contributed by atoms with E-state index in [1.54, 1.807) is 6.07 Å². The maximum absolute atomic E-state index is 11.1. The van der Waals surface area contributed by atoms with Gasteiger partial charge < -0.3 is 4.52 Å². The predicted molar refractivity (Wildman–Crippen MR) is 41.2 cm³/mol. The van der Waals surface area contributed by atoms with Crippen molar-refractivity contribution in [2.24, 2.45) is 0 Å². The first kappa shape index (κ1) is 7.72. The number of hydrogen-bond acceptors (Lipinski definition) is 4. The maximum atomic E-state index is 11.1. The van der Waals surface area contributed by atoms with Crippen LogP contribution in [0.3, 0.4) is 0 Å². The molecule has 5 nitrogen and oxygen atoms in total. The zero-order valence-corrected chi connectivity index (χ0v) is 6.64. The molecule has 0 unspecified atom stereocenters. The molecule has 2 rings (SSSR count). The molecule has 0 N–H and O–H groups in total. The topological polar surface area (TPSA) is 63.4 Å². The number of carbonyl (C=O) groups excluding carboxylic acids is 2. The molecule has 13 heavy (non-hydrogen) atoms. The van der Waals surface area contributed by atoms with Crippen LogP contribution in [0.1, 0.15) is 5.76 Å². The summed E-state index contributed by atoms with van der Waals surface area (Å²) in [5, 5.41) is 3.47. The number of aromatic nitrogens is 1. The van der Waals surface area contributed by atoms with Gasteiger partial charge in [-0.1, -0.05) is 5.16 Å². The van der Waals surface area contributed by atoms with E-state index in [0.717, 1.165) is 4.90 Å². The number of imide groups is 1. The second-order valence-electron chi connectivity index (χ2n) is 2.57. The Bertz CT molecular complexity index is 349. The van der Waals surface area contributed by atoms with Gasteiger partial charge in [0.1, 0.15) is 0 Å². The molecule has 0 aliphatic carbocycles. The standard InChI is InChI=1S/C8H6N2O3/c11-7-1-2-8(12)10(7)5-6-3-4-9-13-6/h1-4H,5H2. The number of amides is 2. The zero-order valence-electron chi connectivity index (χ0n) is 6.64. The van der Waals surface area contributed by atoms with E-state index >= 15 is 0 Å². The van der Waals surface area contributed by atoms with E-state index in [1.807, 2.05) is 0 Å². The summed E-state index contributed by atoms with van der Waals surface area (Å²) in [7, 11) is 0. The number of nitrogens with zero attached hydrogens (tertiary/aromatic N) is 2. The molecule has 1 aromatic rings. The van der Waals surface area contributed by atoms with Crippen molar-refractivity contribution >= 4 is 11.8 Å². The molecule has 0 fully saturated rings. The lowest BCUT2D eigenvalue weighted by Crippen LogP contribution is -2.28. The van der Waals surface area contributed by atoms with Crippen LogP contribution in [0.5, 0.6) is 0 Å². The Balaban J connectivity index is 2.11. The molecule has 1 aliphatic rings. The Kier molecular flexibility index (Phi) is 1.70. The Hall–Kier alpha value is -1.91. The number of rotatable bonds is 2. The van der Waals surface area contributed by atoms with Crippen molar-refractivity contribution in [1.29, 1.82) is 0 Å². The summed E-state index contributed by atoms with van der Waals surface area (Å²) in [4.78, 5) is 23.2. The first-order valence-corrected chi connectivity index (χ1v) is 3.70. The van der Waals surface area contributed by atoms with Crippen LogP contribution in [-0.4, -0.2) is 21.9 Å². The Morgan fingerprint density at radius 2 is 2.00 bits per heavy atom. The molecule has 2 heterocycles. The molecule has 0 atom stereocenters. The molecule has 0 saturated heterocycles. The second-order valence-corrected chi connectivity index (χ2v) is 2.57. The van der Waals surface area contributed by atoms with Crippen LogP contribution in [0.2, 0.25) is 0 Å². The predicted octanol–water partition coefficient (Wildman–Crippen LogP) is 0.0996. The summed E-state index contributed by atoms with van der Waals surface area (Å²) >= 11 is 0. The first-order valence-electron chi connectivity index (χ1n) is 3.70. The Morgan fingerprint density at radius 1 is 1.31 bits per heavy atom. The second kappa shape index (κ2) is 2.85. The summed E-state index contributed by atoms with van der Waals surface area (Å²) in [5.41, 5.74) is 0. The Labute approximate surface area is 73.6 Å². The lowest BCUT2D eigenvalue weighted by atomic mass is 10.4. The van der Waals surface area contributed by atoms with Gasteiger partial charge in [0.15, 0.2) is 5.76 Å². The Morgan fingerprint density at radius 3 is 2.54 bits per heavy atom. The van der Waals surface area contributed by atoms with Gasteiger partial charge in [0.2, 0.25) is 0 Å². The quantitative estimate of drug-likeness (QED) is 0.602. The van der Waals surface area contributed by atoms with Crippen molar-refractivity contribution in [1.82, 2.24) is 10.1 Å². The summed E-state index contributed by atoms with van der Waals surface area (Å²) in [6, 6.07) is 1.61. The van der Waals surface area contributed by atoms with Crippen molar-refractivity contribution in [3.63, 3.8) is 0 Å². The van der Waals surface area contributed by atoms with Gasteiger partial charge in [-0.2, -0.15) is 0 Å². The van der Waals surface area contributed by atoms with Crippen LogP contribution in [0.4, 0.5) is 0 Å². The van der Waals surface area contributed by atoms with E-state index in [4.69, 9.17) is 4.52 Å². The third-order valence-corrected chi connectivity index (χ3v) is 1.71. The third-order valence-electron chi connectivity index (χ3n) is 1.71. The van der Waals surface area contributed by atoms with E-state index in [0.29, 0.717) is 5.76 Å². The average Bonchev–Trinajstić information content (AvgIpc) is 2.70. The highest BCUT2D eigenvalue weighted by atomic mass is 16.5. The first-order chi connectivity index (χ1) is 6.27. The van der Waals surface area contributed by atoms with Crippen molar-refractivity contribution in [3.8, 4) is 0 Å². The largest absolute Gasteiger partial charge is 0.359 e. The molecule has 0 spiro atoms. The fourth-order valence-corrected chi connectivity index (χ4v) is 1.07. The van der Waals surface area contributed by atoms with E-state index < -0.39 is 0 Å². The van der Waals surface area contributed by atoms with E-state index in [1.165, 1.54) is 18.3 Å². The summed E-state index contributed by atoms with van der Waals surface area (Å²) in [6.45, 7) is 0.144. The highest BCUT2D eigenvalue weighted by Crippen LogP contribution is 2.09. The smallest absolute Gasteiger partial charge is 0.254 e. The minimum Gasteiger partial charge on any atom is -0.359 e. The molecule has 0 aromatic carbocycles. The summed E-state index contributed by atoms with van der Waals surface area (Å²) in [5.74, 6) is -0.145. The van der Waals surface area contributed by atoms with Crippen LogP contribution in [-0.2, 0) is 16.1 Å². The number of carbonyl (C=O) groups is 2. The van der Waals surface area contributed by atoms with Gasteiger partial charge in [-0.15, -0.1) is 0 Å². The molecular formula is C8H6N2O3. The van der Waals surface area contributed by atoms with Crippen molar-refractivity contribution < 1.29 is 14.1 Å². The SMILES string of the molecule is O=C1C=CC(=O)N1Cc1ccno1. The lowest BCUT2D eigenvalue weighted by molar-refractivity contribution is -0.137. The van der Waals surface area contributed by atoms with Crippen molar-refractivity contribution in [2.75, 3.05) is 0 Å². The van der Waals surface area contributed by atoms with Crippen LogP contribution < -0.4 is 0 Å². The van der Waals surface area contributed by atoms with Crippen LogP contribution in [0.25, 0.3) is 0 Å². The molecule has 1 aromatic heterocycles. The normalized spacial score (nSPS) is 15.8. The fraction of sp³-hybridized carbons (Fsp3) is 0.125. The average molecular weight is 178 g/mol. The molecule has 2 amide bonds. The molecule has 1 aliphatic heterocycles. The molecule has 66 valence electrons. The lowest BCUT2D eigenvalue weighted by Gasteiger charge is -2.10. The third kappa shape index (κ3) is 1.35. The van der Waals surface area contributed by atoms with Gasteiger partial charge in [-0.3, -0.25) is 14.5 Å². The van der Waals surface area contributed by atoms with Gasteiger partial charge >= 0.3 is 0 Å². The fourth-order valence-electron chi connectivity index (χ4n) is 1.07. The van der Waals surface area contributed by atoms with Gasteiger partial charge in [0.05, 0.1) is 12.7 Å². The van der Waals surface area contributed by atoms with Crippen LogP contribution >= 0.6 is 0 Å². The summed E-state index contributed by atoms with van der Waals surface area (Å²) in [6.07, 6.45) is 3.94. The molecule has 0 saturated carbocycles. The molecule has 0 radical (unpaired) electrons. The monoisotopic (exact) mass is 178 g/mol. The molecular weight excluding hydrogens is 172 g/mol.